The molecule has 0 aliphatic heterocycles. The van der Waals surface area contributed by atoms with Crippen LogP contribution < -0.4 is 0 Å². The molecular formula is C13H15Cl2NO3S. The van der Waals surface area contributed by atoms with E-state index in [1.54, 1.807) is 11.0 Å². The third-order valence-electron chi connectivity index (χ3n) is 2.61. The maximum atomic E-state index is 12.4. The zero-order valence-corrected chi connectivity index (χ0v) is 13.5. The summed E-state index contributed by atoms with van der Waals surface area (Å²) in [5.74, 6) is -0.330. The number of hydrogen-bond acceptors (Lipinski definition) is 3. The van der Waals surface area contributed by atoms with Crippen molar-refractivity contribution >= 4 is 37.2 Å². The first-order valence-electron chi connectivity index (χ1n) is 5.84. The second-order valence-electron chi connectivity index (χ2n) is 4.45. The first kappa shape index (κ1) is 17.0. The van der Waals surface area contributed by atoms with Gasteiger partial charge in [0.05, 0.1) is 4.90 Å². The van der Waals surface area contributed by atoms with E-state index in [1.807, 2.05) is 13.8 Å². The molecule has 1 aromatic carbocycles. The minimum Gasteiger partial charge on any atom is -0.333 e. The van der Waals surface area contributed by atoms with Crippen molar-refractivity contribution in [1.29, 1.82) is 0 Å². The summed E-state index contributed by atoms with van der Waals surface area (Å²) in [6, 6.07) is 3.77. The third-order valence-corrected chi connectivity index (χ3v) is 4.16. The van der Waals surface area contributed by atoms with Crippen molar-refractivity contribution in [3.63, 3.8) is 0 Å². The Labute approximate surface area is 128 Å². The molecule has 1 amide bonds. The average Bonchev–Trinajstić information content (AvgIpc) is 2.33. The van der Waals surface area contributed by atoms with Crippen LogP contribution in [0.15, 0.2) is 35.7 Å². The van der Waals surface area contributed by atoms with E-state index in [0.717, 1.165) is 0 Å². The van der Waals surface area contributed by atoms with E-state index in [9.17, 15) is 13.2 Å². The molecular weight excluding hydrogens is 321 g/mol. The van der Waals surface area contributed by atoms with Crippen LogP contribution in [0.5, 0.6) is 0 Å². The molecule has 1 aromatic rings. The lowest BCUT2D eigenvalue weighted by Crippen LogP contribution is -2.37. The molecule has 0 bridgehead atoms. The number of carbonyl (C=O) groups excluding carboxylic acids is 1. The fourth-order valence-corrected chi connectivity index (χ4v) is 2.76. The highest BCUT2D eigenvalue weighted by Gasteiger charge is 2.21. The van der Waals surface area contributed by atoms with Crippen LogP contribution in [0.1, 0.15) is 24.2 Å². The van der Waals surface area contributed by atoms with Crippen molar-refractivity contribution < 1.29 is 13.2 Å². The van der Waals surface area contributed by atoms with E-state index < -0.39 is 9.05 Å². The van der Waals surface area contributed by atoms with Crippen LogP contribution in [0, 0.1) is 0 Å². The van der Waals surface area contributed by atoms with Crippen molar-refractivity contribution in [2.45, 2.75) is 24.8 Å². The van der Waals surface area contributed by atoms with Crippen LogP contribution in [0.3, 0.4) is 0 Å². The standard InChI is InChI=1S/C13H15Cl2NO3S/c1-4-5-16(9(2)3)13(17)10-6-11(14)8-12(7-10)20(15,18)19/h4,6-9H,1,5H2,2-3H3. The predicted octanol–water partition coefficient (Wildman–Crippen LogP) is 3.30. The summed E-state index contributed by atoms with van der Waals surface area (Å²) in [4.78, 5) is 13.7. The van der Waals surface area contributed by atoms with Crippen molar-refractivity contribution in [2.24, 2.45) is 0 Å². The predicted molar refractivity (Wildman–Crippen MR) is 80.9 cm³/mol. The summed E-state index contributed by atoms with van der Waals surface area (Å²) >= 11 is 5.85. The van der Waals surface area contributed by atoms with Gasteiger partial charge in [0.15, 0.2) is 0 Å². The van der Waals surface area contributed by atoms with Crippen molar-refractivity contribution in [2.75, 3.05) is 6.54 Å². The fraction of sp³-hybridized carbons (Fsp3) is 0.308. The summed E-state index contributed by atoms with van der Waals surface area (Å²) in [7, 11) is 1.34. The summed E-state index contributed by atoms with van der Waals surface area (Å²) in [6.45, 7) is 7.65. The molecule has 0 radical (unpaired) electrons. The topological polar surface area (TPSA) is 54.5 Å². The molecule has 7 heteroatoms. The molecule has 4 nitrogen and oxygen atoms in total. The Balaban J connectivity index is 3.28. The second-order valence-corrected chi connectivity index (χ2v) is 7.46. The number of benzene rings is 1. The molecule has 0 unspecified atom stereocenters. The van der Waals surface area contributed by atoms with Crippen LogP contribution >= 0.6 is 22.3 Å². The van der Waals surface area contributed by atoms with Crippen LogP contribution in [0.2, 0.25) is 5.02 Å². The zero-order chi connectivity index (χ0) is 15.5. The van der Waals surface area contributed by atoms with Gasteiger partial charge in [0.25, 0.3) is 15.0 Å². The van der Waals surface area contributed by atoms with E-state index >= 15 is 0 Å². The van der Waals surface area contributed by atoms with Gasteiger partial charge in [-0.2, -0.15) is 0 Å². The Morgan fingerprint density at radius 3 is 2.45 bits per heavy atom. The molecule has 0 spiro atoms. The lowest BCUT2D eigenvalue weighted by atomic mass is 10.1. The van der Waals surface area contributed by atoms with E-state index in [4.69, 9.17) is 22.3 Å². The Morgan fingerprint density at radius 1 is 1.40 bits per heavy atom. The van der Waals surface area contributed by atoms with Crippen molar-refractivity contribution in [1.82, 2.24) is 4.90 Å². The second kappa shape index (κ2) is 6.61. The molecule has 20 heavy (non-hydrogen) atoms. The normalized spacial score (nSPS) is 11.4. The van der Waals surface area contributed by atoms with Gasteiger partial charge >= 0.3 is 0 Å². The SMILES string of the molecule is C=CCN(C(=O)c1cc(Cl)cc(S(=O)(=O)Cl)c1)C(C)C. The van der Waals surface area contributed by atoms with Crippen LogP contribution in [0.4, 0.5) is 0 Å². The molecule has 0 N–H and O–H groups in total. The van der Waals surface area contributed by atoms with Gasteiger partial charge in [-0.1, -0.05) is 17.7 Å². The molecule has 0 aliphatic rings. The minimum absolute atomic E-state index is 0.0597. The summed E-state index contributed by atoms with van der Waals surface area (Å²) < 4.78 is 22.7. The van der Waals surface area contributed by atoms with Gasteiger partial charge in [0, 0.05) is 33.9 Å². The molecule has 1 rings (SSSR count). The average molecular weight is 336 g/mol. The minimum atomic E-state index is -3.94. The summed E-state index contributed by atoms with van der Waals surface area (Å²) in [5.41, 5.74) is 0.173. The van der Waals surface area contributed by atoms with E-state index in [0.29, 0.717) is 6.54 Å². The maximum Gasteiger partial charge on any atom is 0.261 e. The third kappa shape index (κ3) is 4.23. The van der Waals surface area contributed by atoms with Gasteiger partial charge in [-0.15, -0.1) is 6.58 Å². The molecule has 0 heterocycles. The molecule has 0 atom stereocenters. The van der Waals surface area contributed by atoms with Gasteiger partial charge in [0.2, 0.25) is 0 Å². The van der Waals surface area contributed by atoms with Gasteiger partial charge in [-0.3, -0.25) is 4.79 Å². The Kier molecular flexibility index (Phi) is 5.62. The largest absolute Gasteiger partial charge is 0.333 e. The van der Waals surface area contributed by atoms with E-state index in [-0.39, 0.29) is 27.4 Å². The lowest BCUT2D eigenvalue weighted by molar-refractivity contribution is 0.0728. The Morgan fingerprint density at radius 2 is 2.00 bits per heavy atom. The summed E-state index contributed by atoms with van der Waals surface area (Å²) in [6.07, 6.45) is 1.60. The summed E-state index contributed by atoms with van der Waals surface area (Å²) in [5, 5.41) is 0.136. The molecule has 0 aliphatic carbocycles. The monoisotopic (exact) mass is 335 g/mol. The highest BCUT2D eigenvalue weighted by atomic mass is 35.7. The van der Waals surface area contributed by atoms with Crippen molar-refractivity contribution in [3.05, 3.63) is 41.4 Å². The molecule has 110 valence electrons. The van der Waals surface area contributed by atoms with Gasteiger partial charge in [-0.05, 0) is 32.0 Å². The highest BCUT2D eigenvalue weighted by molar-refractivity contribution is 8.13. The number of halogens is 2. The number of hydrogen-bond donors (Lipinski definition) is 0. The van der Waals surface area contributed by atoms with Gasteiger partial charge in [0.1, 0.15) is 0 Å². The number of amides is 1. The number of nitrogens with zero attached hydrogens (tertiary/aromatic N) is 1. The molecule has 0 fully saturated rings. The van der Waals surface area contributed by atoms with E-state index in [1.165, 1.54) is 18.2 Å². The Bertz CT molecular complexity index is 627. The first-order chi connectivity index (χ1) is 9.16. The molecule has 0 saturated carbocycles. The lowest BCUT2D eigenvalue weighted by Gasteiger charge is -2.25. The molecule has 0 saturated heterocycles. The highest BCUT2D eigenvalue weighted by Crippen LogP contribution is 2.23. The van der Waals surface area contributed by atoms with Crippen LogP contribution in [-0.4, -0.2) is 31.8 Å². The van der Waals surface area contributed by atoms with Crippen molar-refractivity contribution in [3.8, 4) is 0 Å². The Hall–Kier alpha value is -1.04. The van der Waals surface area contributed by atoms with Gasteiger partial charge in [-0.25, -0.2) is 8.42 Å². The zero-order valence-electron chi connectivity index (χ0n) is 11.1. The maximum absolute atomic E-state index is 12.4. The molecule has 0 aromatic heterocycles. The number of carbonyl (C=O) groups is 1. The van der Waals surface area contributed by atoms with Crippen LogP contribution in [0.25, 0.3) is 0 Å². The first-order valence-corrected chi connectivity index (χ1v) is 8.52. The number of rotatable bonds is 5. The van der Waals surface area contributed by atoms with E-state index in [2.05, 4.69) is 6.58 Å². The van der Waals surface area contributed by atoms with Crippen LogP contribution in [-0.2, 0) is 9.05 Å². The smallest absolute Gasteiger partial charge is 0.261 e. The quantitative estimate of drug-likeness (QED) is 0.612. The fourth-order valence-electron chi connectivity index (χ4n) is 1.66. The van der Waals surface area contributed by atoms with Gasteiger partial charge < -0.3 is 4.90 Å².